The number of rotatable bonds is 9. The lowest BCUT2D eigenvalue weighted by Gasteiger charge is -2.10. The summed E-state index contributed by atoms with van der Waals surface area (Å²) in [7, 11) is 0. The van der Waals surface area contributed by atoms with Crippen molar-refractivity contribution in [1.82, 2.24) is 19.9 Å². The van der Waals surface area contributed by atoms with Crippen molar-refractivity contribution in [2.45, 2.75) is 73.6 Å². The van der Waals surface area contributed by atoms with Crippen molar-refractivity contribution >= 4 is 68.8 Å². The van der Waals surface area contributed by atoms with Gasteiger partial charge in [0, 0.05) is 47.4 Å². The van der Waals surface area contributed by atoms with Gasteiger partial charge in [-0.1, -0.05) is 19.6 Å². The third-order valence-electron chi connectivity index (χ3n) is 8.61. The smallest absolute Gasteiger partial charge is 0.308 e. The molecule has 0 fully saturated rings. The fourth-order valence-electron chi connectivity index (χ4n) is 6.27. The van der Waals surface area contributed by atoms with Crippen LogP contribution in [-0.4, -0.2) is 48.1 Å². The number of hydrogen-bond acceptors (Lipinski definition) is 6. The number of aromatic amines is 2. The Bertz CT molecular complexity index is 2060. The standard InChI is InChI=1S/C36H38N4O6/c1-8-22-28-14-17(3)26(37-28)16-27-19(5)24(10-12-30(42)43)34(38-27)36(46-21(7)41)35-25(11-13-31(44)45)20(6)33(40-35)23(9-2)29-15-18(4)32(22)39-29/h8,14-16,37,40H,1,9-13H2,2-7H3,(H,42,43)(H,44,45). The number of carboxylic acid groups (broad SMARTS) is 2. The number of nitrogens with one attached hydrogen (secondary N) is 2. The van der Waals surface area contributed by atoms with Crippen LogP contribution in [0.15, 0.2) is 18.7 Å². The van der Waals surface area contributed by atoms with Gasteiger partial charge in [-0.15, -0.1) is 0 Å². The van der Waals surface area contributed by atoms with E-state index in [0.29, 0.717) is 34.5 Å². The monoisotopic (exact) mass is 622 g/mol. The predicted molar refractivity (Wildman–Crippen MR) is 180 cm³/mol. The molecule has 5 rings (SSSR count). The van der Waals surface area contributed by atoms with E-state index in [2.05, 4.69) is 16.5 Å². The van der Waals surface area contributed by atoms with E-state index in [1.54, 1.807) is 6.08 Å². The summed E-state index contributed by atoms with van der Waals surface area (Å²) in [6.07, 6.45) is 4.42. The molecule has 3 aromatic rings. The van der Waals surface area contributed by atoms with Gasteiger partial charge >= 0.3 is 17.9 Å². The molecule has 46 heavy (non-hydrogen) atoms. The number of carbonyl (C=O) groups is 3. The van der Waals surface area contributed by atoms with Gasteiger partial charge in [0.05, 0.1) is 22.6 Å². The Kier molecular flexibility index (Phi) is 8.83. The molecule has 4 N–H and O–H groups in total. The molecule has 0 amide bonds. The summed E-state index contributed by atoms with van der Waals surface area (Å²) in [5.74, 6) is -2.40. The van der Waals surface area contributed by atoms with Crippen LogP contribution in [0.25, 0.3) is 50.9 Å². The molecular formula is C36H38N4O6. The normalized spacial score (nSPS) is 12.7. The first-order chi connectivity index (χ1) is 21.8. The maximum Gasteiger partial charge on any atom is 0.308 e. The third-order valence-corrected chi connectivity index (χ3v) is 8.61. The van der Waals surface area contributed by atoms with Gasteiger partial charge in [-0.25, -0.2) is 9.97 Å². The molecule has 238 valence electrons. The molecule has 10 heteroatoms. The number of carboxylic acids is 2. The predicted octanol–water partition coefficient (Wildman–Crippen LogP) is 7.44. The molecule has 0 saturated heterocycles. The first-order valence-corrected chi connectivity index (χ1v) is 15.3. The molecule has 2 aliphatic rings. The summed E-state index contributed by atoms with van der Waals surface area (Å²) in [6.45, 7) is 15.2. The molecule has 0 unspecified atom stereocenters. The van der Waals surface area contributed by atoms with E-state index in [9.17, 15) is 24.6 Å². The molecule has 5 heterocycles. The van der Waals surface area contributed by atoms with E-state index >= 15 is 0 Å². The SMILES string of the molecule is C=Cc1c2nc(c(CC)c3[nH]c(c(CCC(=O)O)c3C)c(OC(C)=O)c3nc(cc4[nH]c1cc4C)C(C)=C3CCC(=O)O)C=C2C. The van der Waals surface area contributed by atoms with Gasteiger partial charge in [0.1, 0.15) is 5.69 Å². The number of aromatic nitrogens is 4. The van der Waals surface area contributed by atoms with Crippen LogP contribution in [0, 0.1) is 13.8 Å². The van der Waals surface area contributed by atoms with Crippen LogP contribution < -0.4 is 4.74 Å². The summed E-state index contributed by atoms with van der Waals surface area (Å²) in [6, 6.07) is 3.94. The lowest BCUT2D eigenvalue weighted by molar-refractivity contribution is -0.137. The van der Waals surface area contributed by atoms with Crippen LogP contribution in [0.1, 0.15) is 97.6 Å². The topological polar surface area (TPSA) is 158 Å². The zero-order chi connectivity index (χ0) is 33.4. The molecule has 0 aromatic carbocycles. The Hall–Kier alpha value is -5.25. The first kappa shape index (κ1) is 32.2. The molecule has 0 aliphatic carbocycles. The number of esters is 1. The van der Waals surface area contributed by atoms with Crippen LogP contribution in [0.3, 0.4) is 0 Å². The number of nitrogens with zero attached hydrogens (tertiary/aromatic N) is 2. The van der Waals surface area contributed by atoms with E-state index < -0.39 is 17.9 Å². The van der Waals surface area contributed by atoms with E-state index in [0.717, 1.165) is 61.3 Å². The maximum absolute atomic E-state index is 12.6. The van der Waals surface area contributed by atoms with Crippen molar-refractivity contribution in [1.29, 1.82) is 0 Å². The Morgan fingerprint density at radius 1 is 0.913 bits per heavy atom. The number of ether oxygens (including phenoxy) is 1. The minimum atomic E-state index is -0.971. The minimum Gasteiger partial charge on any atom is -0.481 e. The van der Waals surface area contributed by atoms with Gasteiger partial charge in [-0.05, 0) is 98.6 Å². The molecule has 2 aliphatic heterocycles. The molecule has 8 bridgehead atoms. The molecule has 3 aromatic heterocycles. The largest absolute Gasteiger partial charge is 0.481 e. The first-order valence-electron chi connectivity index (χ1n) is 15.3. The number of hydrogen-bond donors (Lipinski definition) is 4. The molecular weight excluding hydrogens is 584 g/mol. The quantitative estimate of drug-likeness (QED) is 0.179. The number of allylic oxidation sites excluding steroid dienone is 3. The second-order valence-corrected chi connectivity index (χ2v) is 11.7. The van der Waals surface area contributed by atoms with E-state index in [1.807, 2.05) is 52.8 Å². The van der Waals surface area contributed by atoms with E-state index in [4.69, 9.17) is 14.7 Å². The molecule has 0 saturated carbocycles. The van der Waals surface area contributed by atoms with Gasteiger partial charge in [0.25, 0.3) is 0 Å². The van der Waals surface area contributed by atoms with Gasteiger partial charge in [0.2, 0.25) is 0 Å². The molecule has 0 spiro atoms. The van der Waals surface area contributed by atoms with Crippen LogP contribution in [0.5, 0.6) is 5.75 Å². The van der Waals surface area contributed by atoms with Crippen molar-refractivity contribution in [3.8, 4) is 5.75 Å². The minimum absolute atomic E-state index is 0.131. The average molecular weight is 623 g/mol. The lowest BCUT2D eigenvalue weighted by Crippen LogP contribution is -2.06. The van der Waals surface area contributed by atoms with Crippen molar-refractivity contribution in [2.75, 3.05) is 0 Å². The van der Waals surface area contributed by atoms with Crippen LogP contribution in [0.4, 0.5) is 0 Å². The summed E-state index contributed by atoms with van der Waals surface area (Å²) in [5.41, 5.74) is 11.9. The third kappa shape index (κ3) is 5.90. The van der Waals surface area contributed by atoms with Crippen molar-refractivity contribution in [3.05, 3.63) is 69.3 Å². The molecule has 0 radical (unpaired) electrons. The summed E-state index contributed by atoms with van der Waals surface area (Å²) in [4.78, 5) is 53.2. The molecule has 10 nitrogen and oxygen atoms in total. The highest BCUT2D eigenvalue weighted by molar-refractivity contribution is 5.98. The second-order valence-electron chi connectivity index (χ2n) is 11.7. The van der Waals surface area contributed by atoms with Crippen molar-refractivity contribution < 1.29 is 29.3 Å². The van der Waals surface area contributed by atoms with E-state index in [-0.39, 0.29) is 31.4 Å². The molecule has 0 atom stereocenters. The van der Waals surface area contributed by atoms with Gasteiger partial charge < -0.3 is 24.9 Å². The average Bonchev–Trinajstić information content (AvgIpc) is 3.71. The zero-order valence-corrected chi connectivity index (χ0v) is 27.0. The maximum atomic E-state index is 12.6. The Morgan fingerprint density at radius 3 is 2.24 bits per heavy atom. The fraction of sp³-hybridized carbons (Fsp3) is 0.306. The zero-order valence-electron chi connectivity index (χ0n) is 27.0. The van der Waals surface area contributed by atoms with Gasteiger partial charge in [0.15, 0.2) is 5.75 Å². The van der Waals surface area contributed by atoms with Crippen molar-refractivity contribution in [2.24, 2.45) is 0 Å². The van der Waals surface area contributed by atoms with Crippen molar-refractivity contribution in [3.63, 3.8) is 0 Å². The number of aryl methyl sites for hydroxylation is 4. The number of carbonyl (C=O) groups excluding carboxylic acids is 1. The highest BCUT2D eigenvalue weighted by Gasteiger charge is 2.26. The van der Waals surface area contributed by atoms with Gasteiger partial charge in [-0.3, -0.25) is 14.4 Å². The highest BCUT2D eigenvalue weighted by atomic mass is 16.5. The lowest BCUT2D eigenvalue weighted by atomic mass is 9.99. The number of H-pyrrole nitrogens is 2. The van der Waals surface area contributed by atoms with Gasteiger partial charge in [-0.2, -0.15) is 0 Å². The van der Waals surface area contributed by atoms with E-state index in [1.165, 1.54) is 6.92 Å². The van der Waals surface area contributed by atoms with Crippen LogP contribution >= 0.6 is 0 Å². The highest BCUT2D eigenvalue weighted by Crippen LogP contribution is 2.42. The Balaban J connectivity index is 2.08. The number of fused-ring (bicyclic) bond motifs is 8. The second kappa shape index (κ2) is 12.6. The van der Waals surface area contributed by atoms with Crippen LogP contribution in [0.2, 0.25) is 0 Å². The summed E-state index contributed by atoms with van der Waals surface area (Å²) < 4.78 is 5.92. The number of aliphatic carboxylic acids is 2. The Labute approximate surface area is 266 Å². The summed E-state index contributed by atoms with van der Waals surface area (Å²) in [5, 5.41) is 19.2. The Morgan fingerprint density at radius 2 is 1.61 bits per heavy atom. The van der Waals surface area contributed by atoms with Crippen LogP contribution in [-0.2, 0) is 27.2 Å². The fourth-order valence-corrected chi connectivity index (χ4v) is 6.27. The summed E-state index contributed by atoms with van der Waals surface area (Å²) >= 11 is 0.